The molecule has 0 saturated heterocycles. The van der Waals surface area contributed by atoms with Gasteiger partial charge in [-0.3, -0.25) is 0 Å². The van der Waals surface area contributed by atoms with Crippen molar-refractivity contribution in [2.24, 2.45) is 0 Å². The lowest BCUT2D eigenvalue weighted by atomic mass is 10.7. The summed E-state index contributed by atoms with van der Waals surface area (Å²) in [6, 6.07) is 0. The lowest BCUT2D eigenvalue weighted by molar-refractivity contribution is 0.492. The predicted molar refractivity (Wildman–Crippen MR) is 31.4 cm³/mol. The zero-order valence-electron chi connectivity index (χ0n) is 4.72. The first-order valence-electron chi connectivity index (χ1n) is 2.40. The molecule has 0 saturated carbocycles. The predicted octanol–water partition coefficient (Wildman–Crippen LogP) is -0.115. The molecule has 1 aromatic heterocycles. The van der Waals surface area contributed by atoms with Gasteiger partial charge in [0.2, 0.25) is 5.55 Å². The quantitative estimate of drug-likeness (QED) is 0.464. The second-order valence-electron chi connectivity index (χ2n) is 1.45. The molecule has 2 nitrogen and oxygen atoms in total. The third kappa shape index (κ3) is 0.780. The van der Waals surface area contributed by atoms with E-state index in [9.17, 15) is 0 Å². The zero-order valence-corrected chi connectivity index (χ0v) is 4.72. The minimum atomic E-state index is 0.609. The number of oxazole rings is 1. The molecule has 2 heteroatoms. The maximum Gasteiger partial charge on any atom is 0.215 e. The van der Waals surface area contributed by atoms with Gasteiger partial charge in [-0.25, -0.2) is 4.98 Å². The van der Waals surface area contributed by atoms with E-state index in [1.165, 1.54) is 0 Å². The third-order valence-corrected chi connectivity index (χ3v) is 0.818. The van der Waals surface area contributed by atoms with Crippen molar-refractivity contribution in [1.29, 1.82) is 0 Å². The van der Waals surface area contributed by atoms with Gasteiger partial charge in [-0.2, -0.15) is 0 Å². The molecular weight excluding hydrogens is 102 g/mol. The highest BCUT2D eigenvalue weighted by molar-refractivity contribution is 5.07. The fourth-order valence-electron chi connectivity index (χ4n) is 0.456. The minimum absolute atomic E-state index is 0.609. The van der Waals surface area contributed by atoms with E-state index >= 15 is 0 Å². The Bertz CT molecular complexity index is 260. The van der Waals surface area contributed by atoms with Crippen LogP contribution < -0.4 is 11.0 Å². The molecule has 0 aliphatic rings. The van der Waals surface area contributed by atoms with E-state index in [1.54, 1.807) is 12.3 Å². The molecule has 1 heterocycles. The van der Waals surface area contributed by atoms with Gasteiger partial charge >= 0.3 is 0 Å². The molecule has 0 aromatic carbocycles. The Morgan fingerprint density at radius 2 is 2.62 bits per heavy atom. The SMILES string of the molecule is C=c1cn/c(=C\C)o1. The van der Waals surface area contributed by atoms with E-state index in [2.05, 4.69) is 11.6 Å². The van der Waals surface area contributed by atoms with Crippen LogP contribution in [0.25, 0.3) is 12.7 Å². The highest BCUT2D eigenvalue weighted by Crippen LogP contribution is 1.57. The molecule has 1 aromatic rings. The Balaban J connectivity index is 3.41. The van der Waals surface area contributed by atoms with E-state index < -0.39 is 0 Å². The number of nitrogens with zero attached hydrogens (tertiary/aromatic N) is 1. The Morgan fingerprint density at radius 3 is 2.88 bits per heavy atom. The summed E-state index contributed by atoms with van der Waals surface area (Å²) in [6.45, 7) is 5.41. The molecule has 0 aliphatic carbocycles. The summed E-state index contributed by atoms with van der Waals surface area (Å²) in [5.74, 6) is 0. The summed E-state index contributed by atoms with van der Waals surface area (Å²) < 4.78 is 4.95. The fourth-order valence-corrected chi connectivity index (χ4v) is 0.456. The molecule has 0 unspecified atom stereocenters. The summed E-state index contributed by atoms with van der Waals surface area (Å²) in [7, 11) is 0. The third-order valence-electron chi connectivity index (χ3n) is 0.818. The summed E-state index contributed by atoms with van der Waals surface area (Å²) in [6.07, 6.45) is 3.38. The second kappa shape index (κ2) is 1.82. The van der Waals surface area contributed by atoms with Crippen LogP contribution in [0.1, 0.15) is 6.92 Å². The van der Waals surface area contributed by atoms with Crippen molar-refractivity contribution < 1.29 is 4.42 Å². The van der Waals surface area contributed by atoms with E-state index in [0.29, 0.717) is 11.0 Å². The number of aromatic nitrogens is 1. The lowest BCUT2D eigenvalue weighted by Crippen LogP contribution is -1.97. The van der Waals surface area contributed by atoms with Crippen LogP contribution in [0, 0.1) is 0 Å². The van der Waals surface area contributed by atoms with Crippen LogP contribution in [0.5, 0.6) is 0 Å². The van der Waals surface area contributed by atoms with Gasteiger partial charge < -0.3 is 4.42 Å². The Hall–Kier alpha value is -1.05. The average molecular weight is 109 g/mol. The van der Waals surface area contributed by atoms with Crippen LogP contribution in [-0.4, -0.2) is 4.98 Å². The van der Waals surface area contributed by atoms with Gasteiger partial charge in [-0.05, 0) is 13.0 Å². The van der Waals surface area contributed by atoms with E-state index in [-0.39, 0.29) is 0 Å². The van der Waals surface area contributed by atoms with Crippen LogP contribution in [0.15, 0.2) is 10.6 Å². The van der Waals surface area contributed by atoms with Crippen LogP contribution in [0.4, 0.5) is 0 Å². The van der Waals surface area contributed by atoms with Crippen molar-refractivity contribution in [2.75, 3.05) is 0 Å². The first-order valence-corrected chi connectivity index (χ1v) is 2.40. The molecule has 0 bridgehead atoms. The van der Waals surface area contributed by atoms with Crippen LogP contribution >= 0.6 is 0 Å². The highest BCUT2D eigenvalue weighted by atomic mass is 16.3. The number of rotatable bonds is 0. The van der Waals surface area contributed by atoms with Gasteiger partial charge in [0.15, 0.2) is 0 Å². The molecule has 0 spiro atoms. The molecule has 8 heavy (non-hydrogen) atoms. The smallest absolute Gasteiger partial charge is 0.215 e. The van der Waals surface area contributed by atoms with Crippen molar-refractivity contribution in [2.45, 2.75) is 6.92 Å². The Morgan fingerprint density at radius 1 is 1.88 bits per heavy atom. The van der Waals surface area contributed by atoms with Gasteiger partial charge in [0.1, 0.15) is 5.42 Å². The molecule has 0 amide bonds. The summed E-state index contributed by atoms with van der Waals surface area (Å²) in [5, 5.41) is 0. The van der Waals surface area contributed by atoms with E-state index in [0.717, 1.165) is 0 Å². The topological polar surface area (TPSA) is 26.0 Å². The fraction of sp³-hybridized carbons (Fsp3) is 0.167. The van der Waals surface area contributed by atoms with E-state index in [1.807, 2.05) is 6.92 Å². The maximum atomic E-state index is 4.95. The molecule has 42 valence electrons. The minimum Gasteiger partial charge on any atom is -0.438 e. The van der Waals surface area contributed by atoms with Crippen LogP contribution in [-0.2, 0) is 0 Å². The van der Waals surface area contributed by atoms with Gasteiger partial charge in [-0.15, -0.1) is 0 Å². The zero-order chi connectivity index (χ0) is 5.98. The second-order valence-corrected chi connectivity index (χ2v) is 1.45. The van der Waals surface area contributed by atoms with Crippen LogP contribution in [0.3, 0.4) is 0 Å². The molecule has 0 aliphatic heterocycles. The van der Waals surface area contributed by atoms with Crippen LogP contribution in [0.2, 0.25) is 0 Å². The molecule has 0 atom stereocenters. The Kier molecular flexibility index (Phi) is 1.16. The van der Waals surface area contributed by atoms with Gasteiger partial charge in [0.25, 0.3) is 0 Å². The standard InChI is InChI=1S/C6H7NO/c1-3-6-7-4-5(2)8-6/h3-4H,2H2,1H3/b6-3+. The molecule has 0 N–H and O–H groups in total. The van der Waals surface area contributed by atoms with E-state index in [4.69, 9.17) is 4.42 Å². The normalized spacial score (nSPS) is 12.4. The first kappa shape index (κ1) is 5.09. The summed E-state index contributed by atoms with van der Waals surface area (Å²) in [5.41, 5.74) is 1.24. The monoisotopic (exact) mass is 109 g/mol. The van der Waals surface area contributed by atoms with Crippen molar-refractivity contribution >= 4 is 12.7 Å². The maximum absolute atomic E-state index is 4.95. The lowest BCUT2D eigenvalue weighted by Gasteiger charge is -1.64. The van der Waals surface area contributed by atoms with Crippen molar-refractivity contribution in [3.63, 3.8) is 0 Å². The van der Waals surface area contributed by atoms with Crippen molar-refractivity contribution in [3.8, 4) is 0 Å². The van der Waals surface area contributed by atoms with Gasteiger partial charge in [0, 0.05) is 0 Å². The highest BCUT2D eigenvalue weighted by Gasteiger charge is 1.78. The van der Waals surface area contributed by atoms with Crippen molar-refractivity contribution in [1.82, 2.24) is 4.98 Å². The molecule has 1 rings (SSSR count). The number of hydrogen-bond acceptors (Lipinski definition) is 2. The summed E-state index contributed by atoms with van der Waals surface area (Å²) >= 11 is 0. The van der Waals surface area contributed by atoms with Gasteiger partial charge in [-0.1, -0.05) is 6.58 Å². The Labute approximate surface area is 47.2 Å². The van der Waals surface area contributed by atoms with Crippen molar-refractivity contribution in [3.05, 3.63) is 17.2 Å². The first-order chi connectivity index (χ1) is 3.83. The largest absolute Gasteiger partial charge is 0.438 e. The van der Waals surface area contributed by atoms with Gasteiger partial charge in [0.05, 0.1) is 6.20 Å². The number of hydrogen-bond donors (Lipinski definition) is 0. The molecular formula is C6H7NO. The average Bonchev–Trinajstić information content (AvgIpc) is 2.14. The summed E-state index contributed by atoms with van der Waals surface area (Å²) in [4.78, 5) is 3.85. The molecule has 0 fully saturated rings. The molecule has 0 radical (unpaired) electrons.